The first-order chi connectivity index (χ1) is 17.8. The Morgan fingerprint density at radius 1 is 1.21 bits per heavy atom. The molecule has 0 spiro atoms. The molecule has 0 bridgehead atoms. The Morgan fingerprint density at radius 3 is 2.61 bits per heavy atom. The van der Waals surface area contributed by atoms with Crippen LogP contribution in [0.1, 0.15) is 67.8 Å². The van der Waals surface area contributed by atoms with Crippen molar-refractivity contribution in [2.45, 2.75) is 63.5 Å². The minimum absolute atomic E-state index is 0. The van der Waals surface area contributed by atoms with Crippen molar-refractivity contribution in [1.82, 2.24) is 9.88 Å². The zero-order valence-electron chi connectivity index (χ0n) is 21.2. The number of fused-ring (bicyclic) bond motifs is 1. The van der Waals surface area contributed by atoms with E-state index < -0.39 is 22.8 Å². The number of carboxylic acid groups (broad SMARTS) is 1. The number of benzene rings is 1. The summed E-state index contributed by atoms with van der Waals surface area (Å²) >= 11 is 0. The van der Waals surface area contributed by atoms with Gasteiger partial charge < -0.3 is 24.6 Å². The third-order valence-corrected chi connectivity index (χ3v) is 7.60. The van der Waals surface area contributed by atoms with Gasteiger partial charge in [0, 0.05) is 38.2 Å². The van der Waals surface area contributed by atoms with Gasteiger partial charge in [-0.2, -0.15) is 0 Å². The van der Waals surface area contributed by atoms with E-state index in [-0.39, 0.29) is 72.3 Å². The van der Waals surface area contributed by atoms with Gasteiger partial charge in [0.2, 0.25) is 5.43 Å². The van der Waals surface area contributed by atoms with Gasteiger partial charge in [0.25, 0.3) is 0 Å². The Morgan fingerprint density at radius 2 is 1.97 bits per heavy atom. The highest BCUT2D eigenvalue weighted by Crippen LogP contribution is 2.44. The molecule has 1 aromatic heterocycles. The molecule has 3 heterocycles. The number of nitrogens with zero attached hydrogens (tertiary/aromatic N) is 2. The minimum atomic E-state index is -1.37. The van der Waals surface area contributed by atoms with Crippen LogP contribution in [0, 0.1) is 5.82 Å². The van der Waals surface area contributed by atoms with Gasteiger partial charge in [0.05, 0.1) is 24.1 Å². The number of Topliss-reactive ketones (excluding diaryl/α,β-unsaturated/α-hetero) is 1. The van der Waals surface area contributed by atoms with Crippen LogP contribution in [0.5, 0.6) is 5.75 Å². The lowest BCUT2D eigenvalue weighted by atomic mass is 9.99. The first-order valence-electron chi connectivity index (χ1n) is 12.9. The number of anilines is 1. The number of aromatic nitrogens is 1. The van der Waals surface area contributed by atoms with Crippen molar-refractivity contribution >= 4 is 40.7 Å². The van der Waals surface area contributed by atoms with Gasteiger partial charge in [0.1, 0.15) is 22.9 Å². The second-order valence-electron chi connectivity index (χ2n) is 10.1. The zero-order chi connectivity index (χ0) is 26.3. The number of carboxylic acids is 1. The molecule has 2 aromatic rings. The first-order valence-corrected chi connectivity index (χ1v) is 12.9. The van der Waals surface area contributed by atoms with Crippen LogP contribution in [0.3, 0.4) is 0 Å². The summed E-state index contributed by atoms with van der Waals surface area (Å²) in [5.74, 6) is -2.28. The normalized spacial score (nSPS) is 20.8. The molecule has 3 aliphatic rings. The number of ketones is 1. The number of aromatic carboxylic acids is 1. The summed E-state index contributed by atoms with van der Waals surface area (Å²) in [5, 5.41) is 12.6. The van der Waals surface area contributed by atoms with Gasteiger partial charge in [-0.1, -0.05) is 0 Å². The molecular formula is C27H32ClF2N3O5. The molecule has 1 atom stereocenters. The van der Waals surface area contributed by atoms with E-state index in [4.69, 9.17) is 4.74 Å². The third-order valence-electron chi connectivity index (χ3n) is 7.60. The summed E-state index contributed by atoms with van der Waals surface area (Å²) in [6.07, 6.45) is 5.92. The lowest BCUT2D eigenvalue weighted by Crippen LogP contribution is -2.33. The second kappa shape index (κ2) is 11.4. The number of halogens is 3. The average Bonchev–Trinajstić information content (AvgIpc) is 3.59. The van der Waals surface area contributed by atoms with E-state index in [2.05, 4.69) is 5.32 Å². The molecule has 2 saturated heterocycles. The smallest absolute Gasteiger partial charge is 0.341 e. The lowest BCUT2D eigenvalue weighted by molar-refractivity contribution is -0.120. The lowest BCUT2D eigenvalue weighted by Gasteiger charge is -2.33. The molecule has 2 aliphatic heterocycles. The van der Waals surface area contributed by atoms with E-state index in [1.165, 1.54) is 13.3 Å². The van der Waals surface area contributed by atoms with Gasteiger partial charge in [-0.25, -0.2) is 13.6 Å². The topological polar surface area (TPSA) is 101 Å². The maximum absolute atomic E-state index is 15.6. The number of carbonyl (C=O) groups excluding carboxylic acids is 1. The molecule has 1 aromatic carbocycles. The molecule has 206 valence electrons. The number of hydrogen-bond acceptors (Lipinski definition) is 6. The molecular weight excluding hydrogens is 520 g/mol. The van der Waals surface area contributed by atoms with E-state index >= 15 is 8.78 Å². The van der Waals surface area contributed by atoms with Gasteiger partial charge in [0.15, 0.2) is 11.6 Å². The Balaban J connectivity index is 0.00000336. The molecule has 0 unspecified atom stereocenters. The van der Waals surface area contributed by atoms with Crippen molar-refractivity contribution in [3.05, 3.63) is 45.3 Å². The van der Waals surface area contributed by atoms with Gasteiger partial charge in [-0.05, 0) is 56.7 Å². The number of nitrogens with one attached hydrogen (secondary N) is 1. The largest absolute Gasteiger partial charge is 0.492 e. The van der Waals surface area contributed by atoms with E-state index in [0.29, 0.717) is 30.5 Å². The van der Waals surface area contributed by atoms with E-state index in [1.54, 1.807) is 9.47 Å². The monoisotopic (exact) mass is 551 g/mol. The summed E-state index contributed by atoms with van der Waals surface area (Å²) < 4.78 is 38.1. The summed E-state index contributed by atoms with van der Waals surface area (Å²) in [7, 11) is 1.38. The number of allylic oxidation sites excluding steroid dienone is 1. The Kier molecular flexibility index (Phi) is 8.42. The van der Waals surface area contributed by atoms with Crippen LogP contribution in [-0.2, 0) is 4.79 Å². The van der Waals surface area contributed by atoms with Crippen molar-refractivity contribution in [2.24, 2.45) is 0 Å². The Bertz CT molecular complexity index is 1350. The van der Waals surface area contributed by atoms with Crippen LogP contribution < -0.4 is 20.4 Å². The second-order valence-corrected chi connectivity index (χ2v) is 10.1. The van der Waals surface area contributed by atoms with Crippen LogP contribution in [0.15, 0.2) is 28.5 Å². The number of rotatable bonds is 8. The van der Waals surface area contributed by atoms with E-state index in [0.717, 1.165) is 38.3 Å². The molecule has 2 N–H and O–H groups in total. The van der Waals surface area contributed by atoms with E-state index in [1.807, 2.05) is 0 Å². The summed E-state index contributed by atoms with van der Waals surface area (Å²) in [6.45, 7) is 1.41. The van der Waals surface area contributed by atoms with Crippen molar-refractivity contribution < 1.29 is 28.2 Å². The molecule has 1 saturated carbocycles. The fourth-order valence-corrected chi connectivity index (χ4v) is 5.55. The van der Waals surface area contributed by atoms with Gasteiger partial charge in [-0.3, -0.25) is 9.59 Å². The molecule has 0 radical (unpaired) electrons. The number of ether oxygens (including phenoxy) is 1. The SMILES string of the molecule is COc1c(N2CCC/C(=C(\F)CCC(=O)[C@@H]3CCCN3)C2)c(F)cc2c(=O)c(C(=O)O)cn(C3CC3)c12.Cl. The summed E-state index contributed by atoms with van der Waals surface area (Å²) in [5.41, 5.74) is -0.178. The van der Waals surface area contributed by atoms with Crippen LogP contribution in [0.4, 0.5) is 14.5 Å². The molecule has 0 amide bonds. The maximum Gasteiger partial charge on any atom is 0.341 e. The highest BCUT2D eigenvalue weighted by molar-refractivity contribution is 5.97. The van der Waals surface area contributed by atoms with Crippen LogP contribution in [0.25, 0.3) is 10.9 Å². The highest BCUT2D eigenvalue weighted by Gasteiger charge is 2.32. The van der Waals surface area contributed by atoms with Crippen LogP contribution in [0.2, 0.25) is 0 Å². The van der Waals surface area contributed by atoms with Crippen molar-refractivity contribution in [3.8, 4) is 5.75 Å². The maximum atomic E-state index is 15.6. The quantitative estimate of drug-likeness (QED) is 0.497. The average molecular weight is 552 g/mol. The van der Waals surface area contributed by atoms with Crippen molar-refractivity contribution in [3.63, 3.8) is 0 Å². The summed E-state index contributed by atoms with van der Waals surface area (Å²) in [4.78, 5) is 38.7. The number of carbonyl (C=O) groups is 2. The fraction of sp³-hybridized carbons (Fsp3) is 0.519. The molecule has 11 heteroatoms. The zero-order valence-corrected chi connectivity index (χ0v) is 22.0. The molecule has 38 heavy (non-hydrogen) atoms. The predicted molar refractivity (Wildman–Crippen MR) is 142 cm³/mol. The van der Waals surface area contributed by atoms with Crippen molar-refractivity contribution in [2.75, 3.05) is 31.6 Å². The number of hydrogen-bond donors (Lipinski definition) is 2. The number of methoxy groups -OCH3 is 1. The van der Waals surface area contributed by atoms with E-state index in [9.17, 15) is 19.5 Å². The number of pyridine rings is 1. The van der Waals surface area contributed by atoms with Crippen molar-refractivity contribution in [1.29, 1.82) is 0 Å². The summed E-state index contributed by atoms with van der Waals surface area (Å²) in [6, 6.07) is 0.875. The van der Waals surface area contributed by atoms with Gasteiger partial charge >= 0.3 is 5.97 Å². The fourth-order valence-electron chi connectivity index (χ4n) is 5.55. The molecule has 5 rings (SSSR count). The third kappa shape index (κ3) is 5.29. The Labute approximate surface area is 225 Å². The standard InChI is InChI=1S/C27H31F2N3O5.ClH/c1-37-26-23-17(25(34)18(27(35)36)14-32(23)16-6-7-16)12-20(29)24(26)31-11-3-4-15(13-31)19(28)8-9-22(33)21-5-2-10-30-21;/h12,14,16,21,30H,2-11,13H2,1H3,(H,35,36);1H/b19-15+;/t21-;/m0./s1. The molecule has 8 nitrogen and oxygen atoms in total. The first kappa shape index (κ1) is 28.0. The highest BCUT2D eigenvalue weighted by atomic mass is 35.5. The molecule has 3 fully saturated rings. The van der Waals surface area contributed by atoms with Gasteiger partial charge in [-0.15, -0.1) is 12.4 Å². The minimum Gasteiger partial charge on any atom is -0.492 e. The molecule has 1 aliphatic carbocycles. The van der Waals surface area contributed by atoms with Crippen LogP contribution >= 0.6 is 12.4 Å². The van der Waals surface area contributed by atoms with Crippen LogP contribution in [-0.4, -0.2) is 54.2 Å². The Hall–Kier alpha value is -2.98. The predicted octanol–water partition coefficient (Wildman–Crippen LogP) is 4.53. The number of piperidine rings is 1.